The molecule has 0 fully saturated rings. The Balaban J connectivity index is 2.35. The van der Waals surface area contributed by atoms with Crippen molar-refractivity contribution >= 4 is 33.2 Å². The summed E-state index contributed by atoms with van der Waals surface area (Å²) in [6.45, 7) is 3.47. The lowest BCUT2D eigenvalue weighted by molar-refractivity contribution is -0.385. The number of anilines is 1. The summed E-state index contributed by atoms with van der Waals surface area (Å²) in [7, 11) is 1.75. The Kier molecular flexibility index (Phi) is 4.13. The fourth-order valence-corrected chi connectivity index (χ4v) is 2.63. The number of halogens is 1. The molecule has 0 atom stereocenters. The van der Waals surface area contributed by atoms with Crippen molar-refractivity contribution in [3.63, 3.8) is 0 Å². The quantitative estimate of drug-likeness (QED) is 0.678. The molecule has 110 valence electrons. The largest absolute Gasteiger partial charge is 0.345 e. The van der Waals surface area contributed by atoms with E-state index in [0.29, 0.717) is 16.9 Å². The van der Waals surface area contributed by atoms with E-state index in [1.165, 1.54) is 6.07 Å². The van der Waals surface area contributed by atoms with E-state index < -0.39 is 4.92 Å². The Labute approximate surface area is 130 Å². The molecule has 0 radical (unpaired) electrons. The first kappa shape index (κ1) is 15.2. The first-order valence-electron chi connectivity index (χ1n) is 6.18. The summed E-state index contributed by atoms with van der Waals surface area (Å²) in [6, 6.07) is 4.77. The maximum absolute atomic E-state index is 12.2. The van der Waals surface area contributed by atoms with Gasteiger partial charge in [-0.2, -0.15) is 0 Å². The maximum Gasteiger partial charge on any atom is 0.274 e. The number of rotatable bonds is 3. The molecule has 7 heteroatoms. The molecule has 0 saturated heterocycles. The van der Waals surface area contributed by atoms with Crippen LogP contribution in [-0.4, -0.2) is 15.4 Å². The Hall–Kier alpha value is -2.15. The molecule has 0 aliphatic carbocycles. The summed E-state index contributed by atoms with van der Waals surface area (Å²) in [5.41, 5.74) is 2.24. The minimum Gasteiger partial charge on any atom is -0.345 e. The van der Waals surface area contributed by atoms with Crippen LogP contribution in [0.25, 0.3) is 0 Å². The number of aryl methyl sites for hydroxylation is 3. The molecule has 2 aromatic rings. The Morgan fingerprint density at radius 3 is 2.48 bits per heavy atom. The van der Waals surface area contributed by atoms with Gasteiger partial charge >= 0.3 is 0 Å². The average molecular weight is 352 g/mol. The lowest BCUT2D eigenvalue weighted by Crippen LogP contribution is -2.16. The van der Waals surface area contributed by atoms with Gasteiger partial charge in [-0.3, -0.25) is 14.9 Å². The molecule has 21 heavy (non-hydrogen) atoms. The van der Waals surface area contributed by atoms with Gasteiger partial charge in [-0.25, -0.2) is 0 Å². The standard InChI is InChI=1S/C14H14BrN3O3/c1-8-4-9(2)12(18(20)21)6-11(8)16-14(19)13-5-10(15)7-17(13)3/h4-7H,1-3H3,(H,16,19). The molecule has 1 heterocycles. The van der Waals surface area contributed by atoms with Gasteiger partial charge in [-0.05, 0) is 47.5 Å². The van der Waals surface area contributed by atoms with Crippen LogP contribution in [0.2, 0.25) is 0 Å². The first-order chi connectivity index (χ1) is 9.79. The maximum atomic E-state index is 12.2. The van der Waals surface area contributed by atoms with Crippen molar-refractivity contribution in [2.45, 2.75) is 13.8 Å². The number of nitro benzene ring substituents is 1. The van der Waals surface area contributed by atoms with E-state index in [4.69, 9.17) is 0 Å². The van der Waals surface area contributed by atoms with Crippen LogP contribution in [0.3, 0.4) is 0 Å². The number of aromatic nitrogens is 1. The van der Waals surface area contributed by atoms with Crippen molar-refractivity contribution in [3.8, 4) is 0 Å². The molecule has 1 amide bonds. The third-order valence-electron chi connectivity index (χ3n) is 3.19. The minimum atomic E-state index is -0.455. The van der Waals surface area contributed by atoms with E-state index >= 15 is 0 Å². The highest BCUT2D eigenvalue weighted by Gasteiger charge is 2.17. The van der Waals surface area contributed by atoms with Gasteiger partial charge in [0.1, 0.15) is 5.69 Å². The van der Waals surface area contributed by atoms with Crippen molar-refractivity contribution in [2.75, 3.05) is 5.32 Å². The SMILES string of the molecule is Cc1cc(C)c([N+](=O)[O-])cc1NC(=O)c1cc(Br)cn1C. The normalized spacial score (nSPS) is 10.5. The molecule has 0 bridgehead atoms. The van der Waals surface area contributed by atoms with E-state index in [9.17, 15) is 14.9 Å². The Morgan fingerprint density at radius 1 is 1.29 bits per heavy atom. The van der Waals surface area contributed by atoms with Gasteiger partial charge in [0.25, 0.3) is 11.6 Å². The second-order valence-corrected chi connectivity index (χ2v) is 5.73. The minimum absolute atomic E-state index is 0.0102. The van der Waals surface area contributed by atoms with E-state index in [1.54, 1.807) is 43.8 Å². The molecule has 0 aliphatic rings. The number of amides is 1. The molecular weight excluding hydrogens is 338 g/mol. The van der Waals surface area contributed by atoms with Gasteiger partial charge in [0.05, 0.1) is 10.6 Å². The van der Waals surface area contributed by atoms with Crippen LogP contribution in [0, 0.1) is 24.0 Å². The highest BCUT2D eigenvalue weighted by atomic mass is 79.9. The van der Waals surface area contributed by atoms with E-state index in [0.717, 1.165) is 10.0 Å². The van der Waals surface area contributed by atoms with Crippen molar-refractivity contribution < 1.29 is 9.72 Å². The van der Waals surface area contributed by atoms with E-state index in [1.807, 2.05) is 0 Å². The van der Waals surface area contributed by atoms with Crippen LogP contribution in [0.15, 0.2) is 28.9 Å². The summed E-state index contributed by atoms with van der Waals surface area (Å²) in [6.07, 6.45) is 1.76. The molecule has 1 N–H and O–H groups in total. The van der Waals surface area contributed by atoms with Crippen molar-refractivity contribution in [2.24, 2.45) is 7.05 Å². The highest BCUT2D eigenvalue weighted by Crippen LogP contribution is 2.27. The zero-order chi connectivity index (χ0) is 15.7. The number of hydrogen-bond acceptors (Lipinski definition) is 3. The van der Waals surface area contributed by atoms with Crippen LogP contribution in [0.1, 0.15) is 21.6 Å². The molecule has 1 aromatic carbocycles. The summed E-state index contributed by atoms with van der Waals surface area (Å²) in [4.78, 5) is 22.8. The summed E-state index contributed by atoms with van der Waals surface area (Å²) in [5, 5.41) is 13.7. The van der Waals surface area contributed by atoms with Gasteiger partial charge in [0, 0.05) is 29.3 Å². The number of carbonyl (C=O) groups is 1. The second-order valence-electron chi connectivity index (χ2n) is 4.82. The number of nitro groups is 1. The zero-order valence-electron chi connectivity index (χ0n) is 11.8. The lowest BCUT2D eigenvalue weighted by atomic mass is 10.1. The topological polar surface area (TPSA) is 77.2 Å². The van der Waals surface area contributed by atoms with Crippen LogP contribution in [0.4, 0.5) is 11.4 Å². The fraction of sp³-hybridized carbons (Fsp3) is 0.214. The molecule has 2 rings (SSSR count). The first-order valence-corrected chi connectivity index (χ1v) is 6.97. The Bertz CT molecular complexity index is 737. The van der Waals surface area contributed by atoms with Crippen LogP contribution in [0.5, 0.6) is 0 Å². The van der Waals surface area contributed by atoms with Gasteiger partial charge in [-0.15, -0.1) is 0 Å². The van der Waals surface area contributed by atoms with Gasteiger partial charge in [0.2, 0.25) is 0 Å². The number of carbonyl (C=O) groups excluding carboxylic acids is 1. The predicted molar refractivity (Wildman–Crippen MR) is 83.6 cm³/mol. The number of nitrogens with zero attached hydrogens (tertiary/aromatic N) is 2. The molecule has 0 aliphatic heterocycles. The number of nitrogens with one attached hydrogen (secondary N) is 1. The van der Waals surface area contributed by atoms with Crippen LogP contribution >= 0.6 is 15.9 Å². The van der Waals surface area contributed by atoms with E-state index in [-0.39, 0.29) is 11.6 Å². The number of benzene rings is 1. The van der Waals surface area contributed by atoms with Crippen molar-refractivity contribution in [3.05, 3.63) is 55.8 Å². The second kappa shape index (κ2) is 5.69. The van der Waals surface area contributed by atoms with Gasteiger partial charge in [0.15, 0.2) is 0 Å². The zero-order valence-corrected chi connectivity index (χ0v) is 13.4. The summed E-state index contributed by atoms with van der Waals surface area (Å²) in [5.74, 6) is -0.315. The Morgan fingerprint density at radius 2 is 1.95 bits per heavy atom. The van der Waals surface area contributed by atoms with Gasteiger partial charge in [-0.1, -0.05) is 0 Å². The molecule has 0 saturated carbocycles. The number of hydrogen-bond donors (Lipinski definition) is 1. The molecule has 1 aromatic heterocycles. The lowest BCUT2D eigenvalue weighted by Gasteiger charge is -2.10. The van der Waals surface area contributed by atoms with Crippen LogP contribution in [-0.2, 0) is 7.05 Å². The van der Waals surface area contributed by atoms with E-state index in [2.05, 4.69) is 21.2 Å². The fourth-order valence-electron chi connectivity index (χ4n) is 2.11. The molecule has 0 spiro atoms. The molecular formula is C14H14BrN3O3. The van der Waals surface area contributed by atoms with Gasteiger partial charge < -0.3 is 9.88 Å². The monoisotopic (exact) mass is 351 g/mol. The smallest absolute Gasteiger partial charge is 0.274 e. The van der Waals surface area contributed by atoms with Crippen molar-refractivity contribution in [1.29, 1.82) is 0 Å². The van der Waals surface area contributed by atoms with Crippen LogP contribution < -0.4 is 5.32 Å². The highest BCUT2D eigenvalue weighted by molar-refractivity contribution is 9.10. The third kappa shape index (κ3) is 3.13. The molecule has 6 nitrogen and oxygen atoms in total. The predicted octanol–water partition coefficient (Wildman–Crippen LogP) is 3.56. The summed E-state index contributed by atoms with van der Waals surface area (Å²) >= 11 is 3.30. The third-order valence-corrected chi connectivity index (χ3v) is 3.63. The van der Waals surface area contributed by atoms with Crippen molar-refractivity contribution in [1.82, 2.24) is 4.57 Å². The molecule has 0 unspecified atom stereocenters. The average Bonchev–Trinajstić information content (AvgIpc) is 2.71. The summed E-state index contributed by atoms with van der Waals surface area (Å²) < 4.78 is 2.47.